The normalized spacial score (nSPS) is 14.0. The van der Waals surface area contributed by atoms with E-state index in [9.17, 15) is 19.2 Å². The first kappa shape index (κ1) is 18.2. The molecule has 1 aromatic rings. The number of carbonyl (C=O) groups excluding carboxylic acids is 4. The van der Waals surface area contributed by atoms with Gasteiger partial charge in [0.15, 0.2) is 0 Å². The van der Waals surface area contributed by atoms with Gasteiger partial charge in [-0.1, -0.05) is 23.2 Å². The maximum Gasteiger partial charge on any atom is 0.243 e. The van der Waals surface area contributed by atoms with E-state index in [1.165, 1.54) is 13.1 Å². The second-order valence-electron chi connectivity index (χ2n) is 5.30. The number of likely N-dealkylation sites (N-methyl/N-ethyl adjacent to an activating group) is 1. The lowest BCUT2D eigenvalue weighted by molar-refractivity contribution is -0.145. The Kier molecular flexibility index (Phi) is 5.80. The van der Waals surface area contributed by atoms with E-state index in [0.717, 1.165) is 9.80 Å². The van der Waals surface area contributed by atoms with Gasteiger partial charge < -0.3 is 10.2 Å². The Hall–Kier alpha value is -2.12. The number of imide groups is 1. The molecular formula is C15H15Cl2N3O4. The van der Waals surface area contributed by atoms with Crippen LogP contribution in [0.15, 0.2) is 18.2 Å². The third-order valence-corrected chi connectivity index (χ3v) is 4.20. The molecular weight excluding hydrogens is 357 g/mol. The SMILES string of the molecule is CN(CC(=O)Nc1ccc(Cl)c(Cl)c1)C(=O)CN1C(=O)CCC1=O. The Bertz CT molecular complexity index is 692. The summed E-state index contributed by atoms with van der Waals surface area (Å²) >= 11 is 11.6. The van der Waals surface area contributed by atoms with Gasteiger partial charge in [-0.3, -0.25) is 24.1 Å². The summed E-state index contributed by atoms with van der Waals surface area (Å²) in [5, 5.41) is 3.24. The molecule has 1 fully saturated rings. The summed E-state index contributed by atoms with van der Waals surface area (Å²) in [5.41, 5.74) is 0.445. The first-order valence-corrected chi connectivity index (χ1v) is 7.85. The molecule has 2 rings (SSSR count). The van der Waals surface area contributed by atoms with Crippen molar-refractivity contribution in [2.45, 2.75) is 12.8 Å². The molecule has 1 aliphatic rings. The quantitative estimate of drug-likeness (QED) is 0.795. The molecule has 0 unspecified atom stereocenters. The van der Waals surface area contributed by atoms with Crippen LogP contribution in [0.2, 0.25) is 10.0 Å². The number of rotatable bonds is 5. The Morgan fingerprint density at radius 3 is 2.38 bits per heavy atom. The number of nitrogens with zero attached hydrogens (tertiary/aromatic N) is 2. The number of likely N-dealkylation sites (tertiary alicyclic amines) is 1. The van der Waals surface area contributed by atoms with E-state index >= 15 is 0 Å². The van der Waals surface area contributed by atoms with Gasteiger partial charge in [0.05, 0.1) is 16.6 Å². The van der Waals surface area contributed by atoms with Crippen LogP contribution in [0.3, 0.4) is 0 Å². The van der Waals surface area contributed by atoms with Gasteiger partial charge in [0.25, 0.3) is 0 Å². The highest BCUT2D eigenvalue weighted by atomic mass is 35.5. The van der Waals surface area contributed by atoms with Gasteiger partial charge in [0.1, 0.15) is 6.54 Å². The molecule has 0 bridgehead atoms. The van der Waals surface area contributed by atoms with Crippen molar-refractivity contribution in [3.63, 3.8) is 0 Å². The molecule has 1 aromatic carbocycles. The molecule has 0 radical (unpaired) electrons. The van der Waals surface area contributed by atoms with Crippen molar-refractivity contribution in [2.24, 2.45) is 0 Å². The fourth-order valence-electron chi connectivity index (χ4n) is 2.13. The van der Waals surface area contributed by atoms with Crippen LogP contribution in [0, 0.1) is 0 Å². The zero-order chi connectivity index (χ0) is 17.9. The number of nitrogens with one attached hydrogen (secondary N) is 1. The summed E-state index contributed by atoms with van der Waals surface area (Å²) in [7, 11) is 1.42. The van der Waals surface area contributed by atoms with Crippen LogP contribution in [0.5, 0.6) is 0 Å². The summed E-state index contributed by atoms with van der Waals surface area (Å²) in [5.74, 6) is -1.68. The van der Waals surface area contributed by atoms with Crippen molar-refractivity contribution in [2.75, 3.05) is 25.5 Å². The minimum Gasteiger partial charge on any atom is -0.335 e. The number of amides is 4. The molecule has 1 N–H and O–H groups in total. The van der Waals surface area contributed by atoms with E-state index in [4.69, 9.17) is 23.2 Å². The van der Waals surface area contributed by atoms with Gasteiger partial charge in [-0.25, -0.2) is 0 Å². The van der Waals surface area contributed by atoms with Crippen molar-refractivity contribution in [3.8, 4) is 0 Å². The number of benzene rings is 1. The molecule has 1 heterocycles. The summed E-state index contributed by atoms with van der Waals surface area (Å²) in [4.78, 5) is 49.1. The van der Waals surface area contributed by atoms with E-state index in [1.807, 2.05) is 0 Å². The maximum atomic E-state index is 12.0. The Morgan fingerprint density at radius 1 is 1.17 bits per heavy atom. The molecule has 4 amide bonds. The monoisotopic (exact) mass is 371 g/mol. The fraction of sp³-hybridized carbons (Fsp3) is 0.333. The highest BCUT2D eigenvalue weighted by Crippen LogP contribution is 2.24. The standard InChI is InChI=1S/C15H15Cl2N3O4/c1-19(15(24)8-20-13(22)4-5-14(20)23)7-12(21)18-9-2-3-10(16)11(17)6-9/h2-3,6H,4-5,7-8H2,1H3,(H,18,21). The second kappa shape index (κ2) is 7.63. The molecule has 9 heteroatoms. The van der Waals surface area contributed by atoms with Gasteiger partial charge in [-0.2, -0.15) is 0 Å². The summed E-state index contributed by atoms with van der Waals surface area (Å²) in [6.07, 6.45) is 0.237. The number of carbonyl (C=O) groups is 4. The molecule has 128 valence electrons. The average Bonchev–Trinajstić information content (AvgIpc) is 2.82. The maximum absolute atomic E-state index is 12.0. The average molecular weight is 372 g/mol. The van der Waals surface area contributed by atoms with Gasteiger partial charge >= 0.3 is 0 Å². The molecule has 0 aromatic heterocycles. The van der Waals surface area contributed by atoms with Gasteiger partial charge in [0.2, 0.25) is 23.6 Å². The largest absolute Gasteiger partial charge is 0.335 e. The van der Waals surface area contributed by atoms with E-state index in [0.29, 0.717) is 15.7 Å². The Labute approximate surface area is 148 Å². The van der Waals surface area contributed by atoms with Crippen LogP contribution >= 0.6 is 23.2 Å². The molecule has 1 saturated heterocycles. The lowest BCUT2D eigenvalue weighted by Gasteiger charge is -2.20. The molecule has 0 spiro atoms. The van der Waals surface area contributed by atoms with Crippen LogP contribution in [-0.2, 0) is 19.2 Å². The summed E-state index contributed by atoms with van der Waals surface area (Å²) in [6, 6.07) is 4.61. The Morgan fingerprint density at radius 2 is 1.79 bits per heavy atom. The highest BCUT2D eigenvalue weighted by molar-refractivity contribution is 6.42. The molecule has 1 aliphatic heterocycles. The predicted octanol–water partition coefficient (Wildman–Crippen LogP) is 1.54. The minimum atomic E-state index is -0.497. The lowest BCUT2D eigenvalue weighted by Crippen LogP contribution is -2.43. The topological polar surface area (TPSA) is 86.8 Å². The van der Waals surface area contributed by atoms with E-state index < -0.39 is 11.8 Å². The van der Waals surface area contributed by atoms with Gasteiger partial charge in [0, 0.05) is 25.6 Å². The van der Waals surface area contributed by atoms with Crippen LogP contribution in [0.25, 0.3) is 0 Å². The van der Waals surface area contributed by atoms with E-state index in [1.54, 1.807) is 12.1 Å². The number of hydrogen-bond donors (Lipinski definition) is 1. The third-order valence-electron chi connectivity index (χ3n) is 3.46. The van der Waals surface area contributed by atoms with Crippen LogP contribution in [0.4, 0.5) is 5.69 Å². The molecule has 0 saturated carbocycles. The summed E-state index contributed by atoms with van der Waals surface area (Å²) < 4.78 is 0. The Balaban J connectivity index is 1.88. The van der Waals surface area contributed by atoms with Crippen molar-refractivity contribution in [1.82, 2.24) is 9.80 Å². The fourth-order valence-corrected chi connectivity index (χ4v) is 2.43. The molecule has 7 nitrogen and oxygen atoms in total. The lowest BCUT2D eigenvalue weighted by atomic mass is 10.3. The molecule has 0 atom stereocenters. The number of hydrogen-bond acceptors (Lipinski definition) is 4. The highest BCUT2D eigenvalue weighted by Gasteiger charge is 2.31. The first-order valence-electron chi connectivity index (χ1n) is 7.10. The zero-order valence-electron chi connectivity index (χ0n) is 12.8. The second-order valence-corrected chi connectivity index (χ2v) is 6.11. The van der Waals surface area contributed by atoms with E-state index in [2.05, 4.69) is 5.32 Å². The van der Waals surface area contributed by atoms with Crippen molar-refractivity contribution < 1.29 is 19.2 Å². The van der Waals surface area contributed by atoms with Crippen LogP contribution in [-0.4, -0.2) is 53.6 Å². The molecule has 24 heavy (non-hydrogen) atoms. The van der Waals surface area contributed by atoms with E-state index in [-0.39, 0.29) is 37.7 Å². The number of halogens is 2. The molecule has 0 aliphatic carbocycles. The van der Waals surface area contributed by atoms with Crippen LogP contribution < -0.4 is 5.32 Å². The number of anilines is 1. The van der Waals surface area contributed by atoms with Crippen molar-refractivity contribution in [1.29, 1.82) is 0 Å². The smallest absolute Gasteiger partial charge is 0.243 e. The van der Waals surface area contributed by atoms with Crippen LogP contribution in [0.1, 0.15) is 12.8 Å². The van der Waals surface area contributed by atoms with Gasteiger partial charge in [-0.15, -0.1) is 0 Å². The van der Waals surface area contributed by atoms with Crippen molar-refractivity contribution in [3.05, 3.63) is 28.2 Å². The first-order chi connectivity index (χ1) is 11.3. The zero-order valence-corrected chi connectivity index (χ0v) is 14.4. The minimum absolute atomic E-state index is 0.119. The van der Waals surface area contributed by atoms with Crippen molar-refractivity contribution >= 4 is 52.5 Å². The third kappa shape index (κ3) is 4.46. The predicted molar refractivity (Wildman–Crippen MR) is 88.7 cm³/mol. The van der Waals surface area contributed by atoms with Gasteiger partial charge in [-0.05, 0) is 18.2 Å². The summed E-state index contributed by atoms with van der Waals surface area (Å²) in [6.45, 7) is -0.580.